The summed E-state index contributed by atoms with van der Waals surface area (Å²) in [6, 6.07) is 4.15. The highest BCUT2D eigenvalue weighted by Crippen LogP contribution is 2.33. The van der Waals surface area contributed by atoms with Crippen molar-refractivity contribution < 1.29 is 13.3 Å². The third kappa shape index (κ3) is 4.07. The molecule has 1 aromatic carbocycles. The Morgan fingerprint density at radius 1 is 1.38 bits per heavy atom. The molecule has 0 amide bonds. The highest BCUT2D eigenvalue weighted by molar-refractivity contribution is 7.90. The molecule has 1 aliphatic rings. The van der Waals surface area contributed by atoms with Gasteiger partial charge in [0.1, 0.15) is 5.69 Å². The minimum atomic E-state index is -3.44. The van der Waals surface area contributed by atoms with Crippen LogP contribution in [-0.4, -0.2) is 32.7 Å². The smallest absolute Gasteiger partial charge is 0.293 e. The van der Waals surface area contributed by atoms with E-state index in [4.69, 9.17) is 0 Å². The van der Waals surface area contributed by atoms with E-state index < -0.39 is 14.8 Å². The van der Waals surface area contributed by atoms with Crippen molar-refractivity contribution in [2.45, 2.75) is 24.7 Å². The van der Waals surface area contributed by atoms with Crippen molar-refractivity contribution in [3.05, 3.63) is 28.3 Å². The quantitative estimate of drug-likeness (QED) is 0.627. The number of hydrogen-bond acceptors (Lipinski definition) is 5. The van der Waals surface area contributed by atoms with Crippen molar-refractivity contribution in [1.29, 1.82) is 0 Å². The highest BCUT2D eigenvalue weighted by Gasteiger charge is 2.25. The molecule has 0 aromatic heterocycles. The van der Waals surface area contributed by atoms with Crippen molar-refractivity contribution >= 4 is 33.6 Å². The first kappa shape index (κ1) is 17.7. The van der Waals surface area contributed by atoms with Crippen LogP contribution in [0.25, 0.3) is 0 Å². The number of anilines is 1. The van der Waals surface area contributed by atoms with Crippen LogP contribution in [0.4, 0.5) is 11.4 Å². The van der Waals surface area contributed by atoms with Gasteiger partial charge in [0, 0.05) is 25.4 Å². The van der Waals surface area contributed by atoms with Crippen LogP contribution in [-0.2, 0) is 9.84 Å². The molecule has 0 aliphatic carbocycles. The maximum absolute atomic E-state index is 11.5. The molecule has 0 N–H and O–H groups in total. The maximum atomic E-state index is 11.5. The van der Waals surface area contributed by atoms with Crippen LogP contribution >= 0.6 is 12.4 Å². The lowest BCUT2D eigenvalue weighted by molar-refractivity contribution is -0.384. The van der Waals surface area contributed by atoms with Crippen LogP contribution in [0.15, 0.2) is 23.1 Å². The predicted octanol–water partition coefficient (Wildman–Crippen LogP) is 2.66. The first-order valence-corrected chi connectivity index (χ1v) is 8.41. The Kier molecular flexibility index (Phi) is 5.58. The van der Waals surface area contributed by atoms with Gasteiger partial charge in [-0.1, -0.05) is 6.92 Å². The van der Waals surface area contributed by atoms with E-state index in [2.05, 4.69) is 6.92 Å². The first-order valence-electron chi connectivity index (χ1n) is 6.52. The molecule has 1 fully saturated rings. The molecule has 0 radical (unpaired) electrons. The summed E-state index contributed by atoms with van der Waals surface area (Å²) in [6.45, 7) is 3.64. The lowest BCUT2D eigenvalue weighted by Gasteiger charge is -2.32. The van der Waals surface area contributed by atoms with Gasteiger partial charge in [-0.3, -0.25) is 10.1 Å². The molecule has 1 saturated heterocycles. The van der Waals surface area contributed by atoms with Gasteiger partial charge in [-0.2, -0.15) is 0 Å². The zero-order valence-corrected chi connectivity index (χ0v) is 13.6. The summed E-state index contributed by atoms with van der Waals surface area (Å²) in [5.74, 6) is 0.484. The second-order valence-corrected chi connectivity index (χ2v) is 7.39. The highest BCUT2D eigenvalue weighted by atomic mass is 35.5. The zero-order chi connectivity index (χ0) is 14.9. The fraction of sp³-hybridized carbons (Fsp3) is 0.538. The minimum absolute atomic E-state index is 0. The van der Waals surface area contributed by atoms with Crippen molar-refractivity contribution in [3.63, 3.8) is 0 Å². The van der Waals surface area contributed by atoms with E-state index in [1.165, 1.54) is 6.07 Å². The van der Waals surface area contributed by atoms with Gasteiger partial charge in [-0.05, 0) is 30.9 Å². The van der Waals surface area contributed by atoms with Gasteiger partial charge in [0.05, 0.1) is 9.82 Å². The fourth-order valence-corrected chi connectivity index (χ4v) is 3.20. The number of nitrogens with zero attached hydrogens (tertiary/aromatic N) is 2. The van der Waals surface area contributed by atoms with Gasteiger partial charge in [0.2, 0.25) is 0 Å². The Morgan fingerprint density at radius 3 is 2.57 bits per heavy atom. The number of sulfone groups is 1. The second-order valence-electron chi connectivity index (χ2n) is 5.37. The molecular formula is C13H19ClN2O4S. The average molecular weight is 335 g/mol. The van der Waals surface area contributed by atoms with E-state index >= 15 is 0 Å². The normalized spacial score (nSPS) is 19.0. The Bertz CT molecular complexity index is 633. The van der Waals surface area contributed by atoms with E-state index in [0.29, 0.717) is 11.6 Å². The third-order valence-electron chi connectivity index (χ3n) is 3.57. The molecule has 1 unspecified atom stereocenters. The molecule has 1 heterocycles. The summed E-state index contributed by atoms with van der Waals surface area (Å²) in [5.41, 5.74) is 0.371. The monoisotopic (exact) mass is 334 g/mol. The average Bonchev–Trinajstić information content (AvgIpc) is 2.37. The van der Waals surface area contributed by atoms with Gasteiger partial charge in [-0.25, -0.2) is 8.42 Å². The lowest BCUT2D eigenvalue weighted by Crippen LogP contribution is -2.34. The molecule has 1 atom stereocenters. The Balaban J connectivity index is 0.00000220. The SMILES string of the molecule is CC1CCCN(c2ccc(S(C)(=O)=O)cc2[N+](=O)[O-])C1.Cl. The molecule has 8 heteroatoms. The van der Waals surface area contributed by atoms with Crippen molar-refractivity contribution in [1.82, 2.24) is 0 Å². The Morgan fingerprint density at radius 2 is 2.05 bits per heavy atom. The number of hydrogen-bond donors (Lipinski definition) is 0. The van der Waals surface area contributed by atoms with Gasteiger partial charge in [0.15, 0.2) is 9.84 Å². The lowest BCUT2D eigenvalue weighted by atomic mass is 9.99. The van der Waals surface area contributed by atoms with E-state index in [0.717, 1.165) is 38.3 Å². The Labute approximate surface area is 130 Å². The summed E-state index contributed by atoms with van der Waals surface area (Å²) in [6.07, 6.45) is 3.16. The summed E-state index contributed by atoms with van der Waals surface area (Å²) in [7, 11) is -3.44. The molecule has 1 aliphatic heterocycles. The molecule has 0 saturated carbocycles. The number of nitro groups is 1. The summed E-state index contributed by atoms with van der Waals surface area (Å²) in [4.78, 5) is 12.7. The summed E-state index contributed by atoms with van der Waals surface area (Å²) < 4.78 is 23.0. The molecule has 0 bridgehead atoms. The van der Waals surface area contributed by atoms with Crippen molar-refractivity contribution in [2.24, 2.45) is 5.92 Å². The fourth-order valence-electron chi connectivity index (χ4n) is 2.56. The molecule has 6 nitrogen and oxygen atoms in total. The number of halogens is 1. The van der Waals surface area contributed by atoms with Gasteiger partial charge < -0.3 is 4.90 Å². The molecule has 118 valence electrons. The van der Waals surface area contributed by atoms with Gasteiger partial charge in [0.25, 0.3) is 5.69 Å². The standard InChI is InChI=1S/C13H18N2O4S.ClH/c1-10-4-3-7-14(9-10)12-6-5-11(20(2,18)19)8-13(12)15(16)17;/h5-6,8,10H,3-4,7,9H2,1-2H3;1H. The van der Waals surface area contributed by atoms with Gasteiger partial charge >= 0.3 is 0 Å². The zero-order valence-electron chi connectivity index (χ0n) is 12.0. The minimum Gasteiger partial charge on any atom is -0.366 e. The van der Waals surface area contributed by atoms with E-state index in [-0.39, 0.29) is 23.0 Å². The van der Waals surface area contributed by atoms with Crippen LogP contribution in [0.5, 0.6) is 0 Å². The number of piperidine rings is 1. The Hall–Kier alpha value is -1.34. The number of rotatable bonds is 3. The van der Waals surface area contributed by atoms with Crippen LogP contribution in [0, 0.1) is 16.0 Å². The second kappa shape index (κ2) is 6.62. The summed E-state index contributed by atoms with van der Waals surface area (Å²) >= 11 is 0. The van der Waals surface area contributed by atoms with Crippen LogP contribution in [0.1, 0.15) is 19.8 Å². The predicted molar refractivity (Wildman–Crippen MR) is 84.1 cm³/mol. The van der Waals surface area contributed by atoms with Crippen LogP contribution < -0.4 is 4.90 Å². The topological polar surface area (TPSA) is 80.5 Å². The van der Waals surface area contributed by atoms with Crippen molar-refractivity contribution in [3.8, 4) is 0 Å². The number of benzene rings is 1. The third-order valence-corrected chi connectivity index (χ3v) is 4.68. The van der Waals surface area contributed by atoms with Gasteiger partial charge in [-0.15, -0.1) is 12.4 Å². The first-order chi connectivity index (χ1) is 9.29. The van der Waals surface area contributed by atoms with E-state index in [1.54, 1.807) is 6.07 Å². The largest absolute Gasteiger partial charge is 0.366 e. The van der Waals surface area contributed by atoms with Crippen LogP contribution in [0.2, 0.25) is 0 Å². The maximum Gasteiger partial charge on any atom is 0.293 e. The molecule has 21 heavy (non-hydrogen) atoms. The molecule has 1 aromatic rings. The van der Waals surface area contributed by atoms with Crippen molar-refractivity contribution in [2.75, 3.05) is 24.2 Å². The molecular weight excluding hydrogens is 316 g/mol. The van der Waals surface area contributed by atoms with Crippen LogP contribution in [0.3, 0.4) is 0 Å². The number of nitro benzene ring substituents is 1. The molecule has 0 spiro atoms. The van der Waals surface area contributed by atoms with E-state index in [1.807, 2.05) is 4.90 Å². The summed E-state index contributed by atoms with van der Waals surface area (Å²) in [5, 5.41) is 11.2. The van der Waals surface area contributed by atoms with E-state index in [9.17, 15) is 18.5 Å². The molecule has 2 rings (SSSR count).